The first-order valence-corrected chi connectivity index (χ1v) is 8.80. The van der Waals surface area contributed by atoms with Gasteiger partial charge in [0.2, 0.25) is 0 Å². The second kappa shape index (κ2) is 4.61. The molecule has 76 valence electrons. The first-order valence-electron chi connectivity index (χ1n) is 4.51. The highest BCUT2D eigenvalue weighted by atomic mass is 79.9. The van der Waals surface area contributed by atoms with Gasteiger partial charge in [0.05, 0.1) is 5.56 Å². The molecule has 0 atom stereocenters. The molecule has 0 radical (unpaired) electrons. The lowest BCUT2D eigenvalue weighted by atomic mass is 10.2. The van der Waals surface area contributed by atoms with Crippen LogP contribution in [0, 0.1) is 22.8 Å². The van der Waals surface area contributed by atoms with Gasteiger partial charge < -0.3 is 0 Å². The van der Waals surface area contributed by atoms with Gasteiger partial charge >= 0.3 is 0 Å². The van der Waals surface area contributed by atoms with E-state index in [0.717, 1.165) is 4.47 Å². The molecule has 1 heterocycles. The van der Waals surface area contributed by atoms with Gasteiger partial charge in [0, 0.05) is 10.7 Å². The van der Waals surface area contributed by atoms with Crippen LogP contribution in [-0.4, -0.2) is 13.1 Å². The molecule has 0 fully saturated rings. The third-order valence-corrected chi connectivity index (χ3v) is 2.84. The molecule has 4 heteroatoms. The quantitative estimate of drug-likeness (QED) is 0.541. The number of aromatic nitrogens is 1. The second-order valence-corrected chi connectivity index (χ2v) is 9.83. The SMILES string of the molecule is C[Si](C)(C)C#Cc1ncc(Br)cc1C#N. The van der Waals surface area contributed by atoms with Gasteiger partial charge in [-0.3, -0.25) is 0 Å². The van der Waals surface area contributed by atoms with Crippen molar-refractivity contribution in [3.63, 3.8) is 0 Å². The second-order valence-electron chi connectivity index (χ2n) is 4.16. The van der Waals surface area contributed by atoms with E-state index in [2.05, 4.69) is 58.1 Å². The normalized spacial score (nSPS) is 10.1. The van der Waals surface area contributed by atoms with Crippen molar-refractivity contribution in [2.45, 2.75) is 19.6 Å². The van der Waals surface area contributed by atoms with Gasteiger partial charge in [0.25, 0.3) is 0 Å². The van der Waals surface area contributed by atoms with Crippen LogP contribution < -0.4 is 0 Å². The molecule has 0 bridgehead atoms. The predicted octanol–water partition coefficient (Wildman–Crippen LogP) is 2.94. The van der Waals surface area contributed by atoms with E-state index >= 15 is 0 Å². The Labute approximate surface area is 99.5 Å². The molecule has 0 aromatic carbocycles. The molecule has 0 N–H and O–H groups in total. The molecule has 0 aliphatic carbocycles. The minimum atomic E-state index is -1.41. The van der Waals surface area contributed by atoms with E-state index in [9.17, 15) is 0 Å². The van der Waals surface area contributed by atoms with Crippen LogP contribution in [0.25, 0.3) is 0 Å². The average Bonchev–Trinajstić information content (AvgIpc) is 2.14. The topological polar surface area (TPSA) is 36.7 Å². The Kier molecular flexibility index (Phi) is 3.68. The number of halogens is 1. The molecule has 0 unspecified atom stereocenters. The Morgan fingerprint density at radius 2 is 2.07 bits per heavy atom. The van der Waals surface area contributed by atoms with Gasteiger partial charge in [-0.2, -0.15) is 5.26 Å². The van der Waals surface area contributed by atoms with Crippen LogP contribution in [0.1, 0.15) is 11.3 Å². The smallest absolute Gasteiger partial charge is 0.130 e. The van der Waals surface area contributed by atoms with Crippen LogP contribution >= 0.6 is 15.9 Å². The van der Waals surface area contributed by atoms with Crippen molar-refractivity contribution in [1.82, 2.24) is 4.98 Å². The van der Waals surface area contributed by atoms with E-state index in [1.807, 2.05) is 0 Å². The molecule has 2 nitrogen and oxygen atoms in total. The fraction of sp³-hybridized carbons (Fsp3) is 0.273. The van der Waals surface area contributed by atoms with Crippen molar-refractivity contribution in [1.29, 1.82) is 5.26 Å². The lowest BCUT2D eigenvalue weighted by Gasteiger charge is -2.03. The van der Waals surface area contributed by atoms with Crippen molar-refractivity contribution < 1.29 is 0 Å². The van der Waals surface area contributed by atoms with Crippen molar-refractivity contribution in [2.24, 2.45) is 0 Å². The third kappa shape index (κ3) is 3.87. The van der Waals surface area contributed by atoms with Crippen LogP contribution in [0.4, 0.5) is 0 Å². The average molecular weight is 279 g/mol. The van der Waals surface area contributed by atoms with Crippen LogP contribution in [0.2, 0.25) is 19.6 Å². The Bertz CT molecular complexity index is 472. The molecule has 1 aromatic rings. The summed E-state index contributed by atoms with van der Waals surface area (Å²) in [5.41, 5.74) is 4.29. The van der Waals surface area contributed by atoms with Crippen molar-refractivity contribution >= 4 is 24.0 Å². The Hall–Kier alpha value is -1.10. The molecule has 0 saturated heterocycles. The molecule has 1 aromatic heterocycles. The lowest BCUT2D eigenvalue weighted by Crippen LogP contribution is -2.16. The van der Waals surface area contributed by atoms with E-state index < -0.39 is 8.07 Å². The van der Waals surface area contributed by atoms with E-state index in [-0.39, 0.29) is 0 Å². The first-order chi connectivity index (χ1) is 6.92. The van der Waals surface area contributed by atoms with Gasteiger partial charge in [-0.1, -0.05) is 25.6 Å². The molecule has 0 amide bonds. The van der Waals surface area contributed by atoms with E-state index in [1.165, 1.54) is 0 Å². The van der Waals surface area contributed by atoms with Crippen molar-refractivity contribution in [3.05, 3.63) is 28.0 Å². The van der Waals surface area contributed by atoms with Crippen LogP contribution in [0.3, 0.4) is 0 Å². The monoisotopic (exact) mass is 278 g/mol. The summed E-state index contributed by atoms with van der Waals surface area (Å²) < 4.78 is 0.803. The molecular formula is C11H11BrN2Si. The van der Waals surface area contributed by atoms with Crippen LogP contribution in [0.15, 0.2) is 16.7 Å². The fourth-order valence-electron chi connectivity index (χ4n) is 0.871. The maximum atomic E-state index is 8.91. The summed E-state index contributed by atoms with van der Waals surface area (Å²) in [6, 6.07) is 3.83. The standard InChI is InChI=1S/C11H11BrN2Si/c1-15(2,3)5-4-11-9(7-13)6-10(12)8-14-11/h6,8H,1-3H3. The van der Waals surface area contributed by atoms with E-state index in [1.54, 1.807) is 12.3 Å². The summed E-state index contributed by atoms with van der Waals surface area (Å²) in [5, 5.41) is 8.91. The van der Waals surface area contributed by atoms with E-state index in [4.69, 9.17) is 5.26 Å². The van der Waals surface area contributed by atoms with E-state index in [0.29, 0.717) is 11.3 Å². The minimum absolute atomic E-state index is 0.523. The maximum Gasteiger partial charge on any atom is 0.130 e. The highest BCUT2D eigenvalue weighted by Gasteiger charge is 2.08. The summed E-state index contributed by atoms with van der Waals surface area (Å²) in [7, 11) is -1.41. The molecule has 0 saturated carbocycles. The fourth-order valence-corrected chi connectivity index (χ4v) is 1.70. The highest BCUT2D eigenvalue weighted by Crippen LogP contribution is 2.12. The number of rotatable bonds is 0. The number of hydrogen-bond acceptors (Lipinski definition) is 2. The molecule has 0 aliphatic rings. The summed E-state index contributed by atoms with van der Waals surface area (Å²) in [6.07, 6.45) is 1.66. The highest BCUT2D eigenvalue weighted by molar-refractivity contribution is 9.10. The Balaban J connectivity index is 3.16. The summed E-state index contributed by atoms with van der Waals surface area (Å²) in [6.45, 7) is 6.47. The van der Waals surface area contributed by atoms with Gasteiger partial charge in [0.1, 0.15) is 19.8 Å². The zero-order valence-electron chi connectivity index (χ0n) is 8.93. The largest absolute Gasteiger partial charge is 0.245 e. The molecule has 1 rings (SSSR count). The zero-order valence-corrected chi connectivity index (χ0v) is 11.5. The van der Waals surface area contributed by atoms with Gasteiger partial charge in [-0.05, 0) is 22.0 Å². The maximum absolute atomic E-state index is 8.91. The Morgan fingerprint density at radius 1 is 1.40 bits per heavy atom. The first kappa shape index (κ1) is 12.0. The number of nitriles is 1. The Morgan fingerprint density at radius 3 is 2.60 bits per heavy atom. The third-order valence-electron chi connectivity index (χ3n) is 1.53. The molecular weight excluding hydrogens is 268 g/mol. The number of pyridine rings is 1. The molecule has 15 heavy (non-hydrogen) atoms. The van der Waals surface area contributed by atoms with Gasteiger partial charge in [-0.15, -0.1) is 5.54 Å². The van der Waals surface area contributed by atoms with Crippen LogP contribution in [-0.2, 0) is 0 Å². The minimum Gasteiger partial charge on any atom is -0.245 e. The van der Waals surface area contributed by atoms with Gasteiger partial charge in [-0.25, -0.2) is 4.98 Å². The molecule has 0 aliphatic heterocycles. The predicted molar refractivity (Wildman–Crippen MR) is 66.9 cm³/mol. The summed E-state index contributed by atoms with van der Waals surface area (Å²) in [5.74, 6) is 2.99. The van der Waals surface area contributed by atoms with Crippen LogP contribution in [0.5, 0.6) is 0 Å². The van der Waals surface area contributed by atoms with Crippen molar-refractivity contribution in [2.75, 3.05) is 0 Å². The van der Waals surface area contributed by atoms with Gasteiger partial charge in [0.15, 0.2) is 0 Å². The van der Waals surface area contributed by atoms with Crippen molar-refractivity contribution in [3.8, 4) is 17.5 Å². The number of hydrogen-bond donors (Lipinski definition) is 0. The lowest BCUT2D eigenvalue weighted by molar-refractivity contribution is 1.25. The number of nitrogens with zero attached hydrogens (tertiary/aromatic N) is 2. The summed E-state index contributed by atoms with van der Waals surface area (Å²) in [4.78, 5) is 4.13. The molecule has 0 spiro atoms. The summed E-state index contributed by atoms with van der Waals surface area (Å²) >= 11 is 3.27. The zero-order chi connectivity index (χ0) is 11.5.